The second kappa shape index (κ2) is 5.88. The maximum atomic E-state index is 6.96. The number of benzene rings is 2. The predicted molar refractivity (Wildman–Crippen MR) is 73.2 cm³/mol. The Hall–Kier alpha value is -2.27. The van der Waals surface area contributed by atoms with E-state index in [4.69, 9.17) is 11.3 Å². The van der Waals surface area contributed by atoms with E-state index in [0.717, 1.165) is 18.6 Å². The fraction of sp³-hybridized carbons (Fsp3) is 0.188. The van der Waals surface area contributed by atoms with Gasteiger partial charge in [-0.25, -0.2) is 4.85 Å². The van der Waals surface area contributed by atoms with Crippen LogP contribution in [0.3, 0.4) is 0 Å². The maximum absolute atomic E-state index is 6.96. The highest BCUT2D eigenvalue weighted by Crippen LogP contribution is 2.25. The molecule has 0 aromatic heterocycles. The zero-order valence-electron chi connectivity index (χ0n) is 10.4. The molecule has 0 unspecified atom stereocenters. The monoisotopic (exact) mass is 237 g/mol. The zero-order chi connectivity index (χ0) is 12.8. The van der Waals surface area contributed by atoms with Crippen LogP contribution < -0.4 is 4.74 Å². The van der Waals surface area contributed by atoms with Crippen molar-refractivity contribution in [2.45, 2.75) is 19.8 Å². The number of nitrogens with zero attached hydrogens (tertiary/aromatic N) is 1. The Morgan fingerprint density at radius 2 is 1.83 bits per heavy atom. The van der Waals surface area contributed by atoms with Crippen molar-refractivity contribution in [2.75, 3.05) is 0 Å². The minimum Gasteiger partial charge on any atom is -0.459 e. The Kier molecular flexibility index (Phi) is 3.98. The first-order chi connectivity index (χ1) is 8.81. The van der Waals surface area contributed by atoms with Crippen molar-refractivity contribution in [1.29, 1.82) is 0 Å². The molecule has 2 nitrogen and oxygen atoms in total. The fourth-order valence-electron chi connectivity index (χ4n) is 1.77. The lowest BCUT2D eigenvalue weighted by atomic mass is 10.1. The van der Waals surface area contributed by atoms with Gasteiger partial charge in [0.2, 0.25) is 0 Å². The molecule has 0 spiro atoms. The second-order valence-electron chi connectivity index (χ2n) is 4.11. The smallest absolute Gasteiger partial charge is 0.190 e. The van der Waals surface area contributed by atoms with Gasteiger partial charge in [-0.15, -0.1) is 0 Å². The van der Waals surface area contributed by atoms with Crippen molar-refractivity contribution in [3.63, 3.8) is 0 Å². The van der Waals surface area contributed by atoms with Gasteiger partial charge in [-0.1, -0.05) is 37.6 Å². The number of aryl methyl sites for hydroxylation is 1. The summed E-state index contributed by atoms with van der Waals surface area (Å²) < 4.78 is 5.71. The van der Waals surface area contributed by atoms with Crippen LogP contribution in [0.15, 0.2) is 48.5 Å². The van der Waals surface area contributed by atoms with Crippen LogP contribution in [-0.4, -0.2) is 0 Å². The standard InChI is InChI=1S/C16H15NO/c1-3-5-13-8-10-15(11-9-13)18-16-7-4-6-14(12-16)17-2/h4,6-12H,3,5H2,1H3. The van der Waals surface area contributed by atoms with E-state index in [1.54, 1.807) is 12.1 Å². The van der Waals surface area contributed by atoms with Gasteiger partial charge < -0.3 is 4.74 Å². The Morgan fingerprint density at radius 3 is 2.50 bits per heavy atom. The van der Waals surface area contributed by atoms with Crippen molar-refractivity contribution in [1.82, 2.24) is 0 Å². The van der Waals surface area contributed by atoms with Gasteiger partial charge >= 0.3 is 0 Å². The minimum absolute atomic E-state index is 0.593. The third kappa shape index (κ3) is 3.11. The van der Waals surface area contributed by atoms with E-state index in [1.165, 1.54) is 5.56 Å². The molecule has 2 aromatic rings. The molecule has 0 saturated carbocycles. The Bertz CT molecular complexity index is 552. The normalized spacial score (nSPS) is 9.78. The van der Waals surface area contributed by atoms with E-state index < -0.39 is 0 Å². The van der Waals surface area contributed by atoms with Crippen LogP contribution in [-0.2, 0) is 6.42 Å². The van der Waals surface area contributed by atoms with E-state index in [1.807, 2.05) is 24.3 Å². The van der Waals surface area contributed by atoms with Crippen LogP contribution in [0.5, 0.6) is 11.5 Å². The van der Waals surface area contributed by atoms with Gasteiger partial charge in [-0.3, -0.25) is 0 Å². The third-order valence-corrected chi connectivity index (χ3v) is 2.64. The summed E-state index contributed by atoms with van der Waals surface area (Å²) in [7, 11) is 0. The van der Waals surface area contributed by atoms with E-state index in [0.29, 0.717) is 11.4 Å². The molecule has 0 aliphatic carbocycles. The molecule has 0 radical (unpaired) electrons. The zero-order valence-corrected chi connectivity index (χ0v) is 10.4. The first-order valence-corrected chi connectivity index (χ1v) is 6.06. The largest absolute Gasteiger partial charge is 0.459 e. The lowest BCUT2D eigenvalue weighted by molar-refractivity contribution is 0.483. The molecule has 0 saturated heterocycles. The fourth-order valence-corrected chi connectivity index (χ4v) is 1.77. The highest BCUT2D eigenvalue weighted by Gasteiger charge is 1.99. The predicted octanol–water partition coefficient (Wildman–Crippen LogP) is 4.98. The van der Waals surface area contributed by atoms with Crippen LogP contribution in [0.25, 0.3) is 4.85 Å². The van der Waals surface area contributed by atoms with E-state index in [2.05, 4.69) is 23.9 Å². The summed E-state index contributed by atoms with van der Waals surface area (Å²) in [6.07, 6.45) is 2.24. The topological polar surface area (TPSA) is 13.6 Å². The number of hydrogen-bond acceptors (Lipinski definition) is 1. The SMILES string of the molecule is [C-]#[N+]c1cccc(Oc2ccc(CCC)cc2)c1. The molecule has 2 rings (SSSR count). The van der Waals surface area contributed by atoms with Crippen molar-refractivity contribution in [3.05, 3.63) is 65.5 Å². The summed E-state index contributed by atoms with van der Waals surface area (Å²) >= 11 is 0. The summed E-state index contributed by atoms with van der Waals surface area (Å²) in [6.45, 7) is 9.13. The van der Waals surface area contributed by atoms with Crippen LogP contribution in [0.4, 0.5) is 5.69 Å². The van der Waals surface area contributed by atoms with Crippen LogP contribution >= 0.6 is 0 Å². The van der Waals surface area contributed by atoms with Crippen molar-refractivity contribution in [2.24, 2.45) is 0 Å². The molecule has 0 heterocycles. The molecule has 18 heavy (non-hydrogen) atoms. The summed E-state index contributed by atoms with van der Waals surface area (Å²) in [4.78, 5) is 3.38. The van der Waals surface area contributed by atoms with Gasteiger partial charge in [0.1, 0.15) is 11.5 Å². The Morgan fingerprint density at radius 1 is 1.06 bits per heavy atom. The first kappa shape index (κ1) is 12.2. The molecule has 90 valence electrons. The molecule has 0 amide bonds. The van der Waals surface area contributed by atoms with Gasteiger partial charge in [0.25, 0.3) is 0 Å². The van der Waals surface area contributed by atoms with Crippen LogP contribution in [0.2, 0.25) is 0 Å². The number of hydrogen-bond donors (Lipinski definition) is 0. The summed E-state index contributed by atoms with van der Waals surface area (Å²) in [5.41, 5.74) is 1.91. The summed E-state index contributed by atoms with van der Waals surface area (Å²) in [6, 6.07) is 15.3. The molecule has 0 aliphatic heterocycles. The molecule has 2 heteroatoms. The Labute approximate surface area is 108 Å². The van der Waals surface area contributed by atoms with Gasteiger partial charge in [0.05, 0.1) is 6.57 Å². The van der Waals surface area contributed by atoms with E-state index in [9.17, 15) is 0 Å². The molecule has 0 fully saturated rings. The highest BCUT2D eigenvalue weighted by molar-refractivity contribution is 5.49. The molecule has 2 aromatic carbocycles. The van der Waals surface area contributed by atoms with Crippen LogP contribution in [0.1, 0.15) is 18.9 Å². The Balaban J connectivity index is 2.11. The van der Waals surface area contributed by atoms with Crippen molar-refractivity contribution < 1.29 is 4.74 Å². The highest BCUT2D eigenvalue weighted by atomic mass is 16.5. The molecule has 0 aliphatic rings. The summed E-state index contributed by atoms with van der Waals surface area (Å²) in [5.74, 6) is 1.50. The average molecular weight is 237 g/mol. The minimum atomic E-state index is 0.593. The molecule has 0 bridgehead atoms. The molecule has 0 N–H and O–H groups in total. The lowest BCUT2D eigenvalue weighted by Gasteiger charge is -2.06. The quantitative estimate of drug-likeness (QED) is 0.683. The van der Waals surface area contributed by atoms with Gasteiger partial charge in [-0.2, -0.15) is 0 Å². The molecular formula is C16H15NO. The second-order valence-corrected chi connectivity index (χ2v) is 4.11. The third-order valence-electron chi connectivity index (χ3n) is 2.64. The van der Waals surface area contributed by atoms with Crippen LogP contribution in [0, 0.1) is 6.57 Å². The summed E-state index contributed by atoms with van der Waals surface area (Å²) in [5, 5.41) is 0. The van der Waals surface area contributed by atoms with E-state index >= 15 is 0 Å². The lowest BCUT2D eigenvalue weighted by Crippen LogP contribution is -1.86. The molecular weight excluding hydrogens is 222 g/mol. The molecule has 0 atom stereocenters. The van der Waals surface area contributed by atoms with Gasteiger partial charge in [0, 0.05) is 0 Å². The number of rotatable bonds is 4. The van der Waals surface area contributed by atoms with E-state index in [-0.39, 0.29) is 0 Å². The van der Waals surface area contributed by atoms with Crippen molar-refractivity contribution in [3.8, 4) is 11.5 Å². The van der Waals surface area contributed by atoms with Crippen molar-refractivity contribution >= 4 is 5.69 Å². The first-order valence-electron chi connectivity index (χ1n) is 6.06. The van der Waals surface area contributed by atoms with Gasteiger partial charge in [0.15, 0.2) is 5.69 Å². The number of ether oxygens (including phenoxy) is 1. The average Bonchev–Trinajstić information content (AvgIpc) is 2.42. The maximum Gasteiger partial charge on any atom is 0.190 e. The van der Waals surface area contributed by atoms with Gasteiger partial charge in [-0.05, 0) is 36.2 Å².